The third-order valence-corrected chi connectivity index (χ3v) is 4.89. The van der Waals surface area contributed by atoms with Crippen LogP contribution in [0.1, 0.15) is 31.2 Å². The van der Waals surface area contributed by atoms with E-state index in [1.807, 2.05) is 0 Å². The molecular weight excluding hydrogens is 306 g/mol. The minimum Gasteiger partial charge on any atom is -0.375 e. The SMILES string of the molecule is NC(=S)N/N=C/c1ccc(N2CCN(C3CCCC3)CC2)cc1. The zero-order valence-electron chi connectivity index (χ0n) is 13.4. The van der Waals surface area contributed by atoms with Gasteiger partial charge in [-0.05, 0) is 42.8 Å². The Hall–Kier alpha value is -1.66. The van der Waals surface area contributed by atoms with E-state index in [0.717, 1.165) is 24.7 Å². The van der Waals surface area contributed by atoms with E-state index in [1.165, 1.54) is 44.5 Å². The third-order valence-electron chi connectivity index (χ3n) is 4.80. The Kier molecular flexibility index (Phi) is 5.46. The number of hydrogen-bond acceptors (Lipinski definition) is 4. The lowest BCUT2D eigenvalue weighted by molar-refractivity contribution is 0.187. The first-order chi connectivity index (χ1) is 11.2. The predicted molar refractivity (Wildman–Crippen MR) is 100.0 cm³/mol. The number of nitrogens with zero attached hydrogens (tertiary/aromatic N) is 3. The average Bonchev–Trinajstić information content (AvgIpc) is 3.10. The summed E-state index contributed by atoms with van der Waals surface area (Å²) in [5.74, 6) is 0. The molecule has 1 aromatic carbocycles. The smallest absolute Gasteiger partial charge is 0.184 e. The summed E-state index contributed by atoms with van der Waals surface area (Å²) < 4.78 is 0. The van der Waals surface area contributed by atoms with Gasteiger partial charge < -0.3 is 10.6 Å². The van der Waals surface area contributed by atoms with Crippen molar-refractivity contribution in [1.82, 2.24) is 10.3 Å². The number of rotatable bonds is 4. The summed E-state index contributed by atoms with van der Waals surface area (Å²) in [4.78, 5) is 5.16. The number of thiocarbonyl (C=S) groups is 1. The monoisotopic (exact) mass is 331 g/mol. The van der Waals surface area contributed by atoms with Gasteiger partial charge >= 0.3 is 0 Å². The molecule has 0 aromatic heterocycles. The maximum absolute atomic E-state index is 5.33. The number of nitrogens with one attached hydrogen (secondary N) is 1. The molecule has 3 N–H and O–H groups in total. The fourth-order valence-electron chi connectivity index (χ4n) is 3.56. The first-order valence-electron chi connectivity index (χ1n) is 8.40. The zero-order chi connectivity index (χ0) is 16.1. The highest BCUT2D eigenvalue weighted by Gasteiger charge is 2.26. The molecule has 2 aliphatic rings. The molecule has 1 saturated carbocycles. The van der Waals surface area contributed by atoms with Crippen molar-refractivity contribution < 1.29 is 0 Å². The second-order valence-electron chi connectivity index (χ2n) is 6.29. The van der Waals surface area contributed by atoms with Crippen LogP contribution in [0.5, 0.6) is 0 Å². The molecule has 0 unspecified atom stereocenters. The van der Waals surface area contributed by atoms with Gasteiger partial charge in [-0.2, -0.15) is 5.10 Å². The molecule has 0 bridgehead atoms. The van der Waals surface area contributed by atoms with Gasteiger partial charge in [0.2, 0.25) is 0 Å². The van der Waals surface area contributed by atoms with Crippen LogP contribution in [0.4, 0.5) is 5.69 Å². The van der Waals surface area contributed by atoms with E-state index in [2.05, 4.69) is 44.6 Å². The van der Waals surface area contributed by atoms with Gasteiger partial charge in [0.05, 0.1) is 6.21 Å². The molecule has 1 aromatic rings. The Morgan fingerprint density at radius 3 is 2.39 bits per heavy atom. The molecule has 0 amide bonds. The van der Waals surface area contributed by atoms with Gasteiger partial charge in [-0.3, -0.25) is 10.3 Å². The minimum atomic E-state index is 0.179. The average molecular weight is 331 g/mol. The van der Waals surface area contributed by atoms with Crippen LogP contribution >= 0.6 is 12.2 Å². The fraction of sp³-hybridized carbons (Fsp3) is 0.529. The Labute approximate surface area is 143 Å². The standard InChI is InChI=1S/C17H25N5S/c18-17(23)20-19-13-14-5-7-16(8-6-14)22-11-9-21(10-12-22)15-3-1-2-4-15/h5-8,13,15H,1-4,9-12H2,(H3,18,20,23)/b19-13+. The molecular formula is C17H25N5S. The van der Waals surface area contributed by atoms with Gasteiger partial charge in [0.25, 0.3) is 0 Å². The van der Waals surface area contributed by atoms with Crippen molar-refractivity contribution in [1.29, 1.82) is 0 Å². The second-order valence-corrected chi connectivity index (χ2v) is 6.73. The Balaban J connectivity index is 1.52. The number of benzene rings is 1. The van der Waals surface area contributed by atoms with Crippen molar-refractivity contribution in [2.24, 2.45) is 10.8 Å². The molecule has 1 saturated heterocycles. The van der Waals surface area contributed by atoms with Gasteiger partial charge in [-0.25, -0.2) is 0 Å². The molecule has 124 valence electrons. The van der Waals surface area contributed by atoms with Crippen molar-refractivity contribution >= 4 is 29.2 Å². The molecule has 3 rings (SSSR count). The molecule has 23 heavy (non-hydrogen) atoms. The molecule has 2 fully saturated rings. The van der Waals surface area contributed by atoms with E-state index in [1.54, 1.807) is 6.21 Å². The summed E-state index contributed by atoms with van der Waals surface area (Å²) in [7, 11) is 0. The van der Waals surface area contributed by atoms with Crippen LogP contribution in [0.3, 0.4) is 0 Å². The minimum absolute atomic E-state index is 0.179. The van der Waals surface area contributed by atoms with Crippen molar-refractivity contribution in [3.8, 4) is 0 Å². The summed E-state index contributed by atoms with van der Waals surface area (Å²) in [6, 6.07) is 9.31. The van der Waals surface area contributed by atoms with E-state index in [-0.39, 0.29) is 5.11 Å². The molecule has 5 nitrogen and oxygen atoms in total. The molecule has 0 atom stereocenters. The number of nitrogens with two attached hydrogens (primary N) is 1. The molecule has 0 spiro atoms. The molecule has 6 heteroatoms. The van der Waals surface area contributed by atoms with E-state index in [0.29, 0.717) is 0 Å². The third kappa shape index (κ3) is 4.42. The fourth-order valence-corrected chi connectivity index (χ4v) is 3.61. The van der Waals surface area contributed by atoms with Crippen molar-refractivity contribution in [2.75, 3.05) is 31.1 Å². The topological polar surface area (TPSA) is 56.9 Å². The van der Waals surface area contributed by atoms with Gasteiger partial charge in [0.1, 0.15) is 0 Å². The largest absolute Gasteiger partial charge is 0.375 e. The first kappa shape index (κ1) is 16.2. The van der Waals surface area contributed by atoms with Crippen molar-refractivity contribution in [2.45, 2.75) is 31.7 Å². The summed E-state index contributed by atoms with van der Waals surface area (Å²) in [6.45, 7) is 4.61. The molecule has 1 heterocycles. The van der Waals surface area contributed by atoms with E-state index in [9.17, 15) is 0 Å². The Morgan fingerprint density at radius 2 is 1.78 bits per heavy atom. The predicted octanol–water partition coefficient (Wildman–Crippen LogP) is 1.92. The number of hydrazone groups is 1. The highest BCUT2D eigenvalue weighted by molar-refractivity contribution is 7.80. The van der Waals surface area contributed by atoms with Crippen LogP contribution in [0.15, 0.2) is 29.4 Å². The lowest BCUT2D eigenvalue weighted by Crippen LogP contribution is -2.49. The summed E-state index contributed by atoms with van der Waals surface area (Å²) >= 11 is 4.71. The lowest BCUT2D eigenvalue weighted by Gasteiger charge is -2.39. The quantitative estimate of drug-likeness (QED) is 0.501. The van der Waals surface area contributed by atoms with Crippen LogP contribution in [0.25, 0.3) is 0 Å². The summed E-state index contributed by atoms with van der Waals surface area (Å²) in [5, 5.41) is 4.15. The second kappa shape index (κ2) is 7.75. The van der Waals surface area contributed by atoms with Gasteiger partial charge in [-0.1, -0.05) is 25.0 Å². The lowest BCUT2D eigenvalue weighted by atomic mass is 10.1. The van der Waals surface area contributed by atoms with E-state index >= 15 is 0 Å². The van der Waals surface area contributed by atoms with Crippen LogP contribution < -0.4 is 16.1 Å². The van der Waals surface area contributed by atoms with E-state index < -0.39 is 0 Å². The molecule has 1 aliphatic heterocycles. The zero-order valence-corrected chi connectivity index (χ0v) is 14.3. The number of anilines is 1. The van der Waals surface area contributed by atoms with E-state index in [4.69, 9.17) is 18.0 Å². The molecule has 0 radical (unpaired) electrons. The van der Waals surface area contributed by atoms with Crippen molar-refractivity contribution in [3.63, 3.8) is 0 Å². The summed E-state index contributed by atoms with van der Waals surface area (Å²) in [5.41, 5.74) is 10.2. The number of piperazine rings is 1. The number of hydrogen-bond donors (Lipinski definition) is 2. The van der Waals surface area contributed by atoms with Crippen LogP contribution in [0, 0.1) is 0 Å². The van der Waals surface area contributed by atoms with Crippen LogP contribution in [0.2, 0.25) is 0 Å². The maximum Gasteiger partial charge on any atom is 0.184 e. The van der Waals surface area contributed by atoms with Crippen molar-refractivity contribution in [3.05, 3.63) is 29.8 Å². The Bertz CT molecular complexity index is 543. The maximum atomic E-state index is 5.33. The van der Waals surface area contributed by atoms with Gasteiger partial charge in [-0.15, -0.1) is 0 Å². The molecule has 1 aliphatic carbocycles. The van der Waals surface area contributed by atoms with Gasteiger partial charge in [0, 0.05) is 37.9 Å². The summed E-state index contributed by atoms with van der Waals surface area (Å²) in [6.07, 6.45) is 7.35. The van der Waals surface area contributed by atoms with Gasteiger partial charge in [0.15, 0.2) is 5.11 Å². The highest BCUT2D eigenvalue weighted by atomic mass is 32.1. The van der Waals surface area contributed by atoms with Crippen LogP contribution in [-0.2, 0) is 0 Å². The van der Waals surface area contributed by atoms with Crippen LogP contribution in [-0.4, -0.2) is 48.4 Å². The normalized spacial score (nSPS) is 20.3. The highest BCUT2D eigenvalue weighted by Crippen LogP contribution is 2.25. The Morgan fingerprint density at radius 1 is 1.13 bits per heavy atom. The first-order valence-corrected chi connectivity index (χ1v) is 8.81.